The number of aliphatic imine (C=N–C) groups is 2. The van der Waals surface area contributed by atoms with Crippen LogP contribution < -0.4 is 9.47 Å². The van der Waals surface area contributed by atoms with Crippen molar-refractivity contribution >= 4 is 11.9 Å². The van der Waals surface area contributed by atoms with Gasteiger partial charge >= 0.3 is 0 Å². The summed E-state index contributed by atoms with van der Waals surface area (Å²) in [5.41, 5.74) is 7.12. The minimum absolute atomic E-state index is 0.0170. The van der Waals surface area contributed by atoms with Gasteiger partial charge in [-0.3, -0.25) is 14.7 Å². The topological polar surface area (TPSA) is 65.4 Å². The SMILES string of the molecule is CC(C)(C)c1cc(CCCN2CCCN3CCCN=C32)c2c(c1)C1Oc3c(CCCN4CCCN5CCCN=C54)cc(C(C)(C)C)cc3C(O2)O1. The number of hydrogen-bond acceptors (Lipinski definition) is 9. The standard InChI is InChI=1S/C42H60N6O3/c1-41(2,3)31-25-29(13-7-17-45-21-11-23-47-19-9-15-43-39(45)47)35-33(27-31)37-50-36-30(26-32(42(4,5)6)28-34(36)38(49-35)51-37)14-8-18-46-22-12-24-48-20-10-16-44-40(46)48/h25-28,37-38H,7-24H2,1-6H3. The third-order valence-electron chi connectivity index (χ3n) is 11.6. The van der Waals surface area contributed by atoms with Crippen LogP contribution >= 0.6 is 0 Å². The summed E-state index contributed by atoms with van der Waals surface area (Å²) in [7, 11) is 0. The zero-order chi connectivity index (χ0) is 35.3. The highest BCUT2D eigenvalue weighted by molar-refractivity contribution is 5.82. The van der Waals surface area contributed by atoms with E-state index < -0.39 is 12.6 Å². The van der Waals surface area contributed by atoms with Gasteiger partial charge in [0.2, 0.25) is 12.6 Å². The van der Waals surface area contributed by atoms with Gasteiger partial charge in [0.05, 0.1) is 11.1 Å². The molecule has 2 bridgehead atoms. The summed E-state index contributed by atoms with van der Waals surface area (Å²) >= 11 is 0. The second-order valence-electron chi connectivity index (χ2n) is 17.6. The molecular formula is C42H60N6O3. The molecule has 0 spiro atoms. The van der Waals surface area contributed by atoms with Crippen molar-refractivity contribution in [2.24, 2.45) is 9.98 Å². The number of ether oxygens (including phenoxy) is 3. The molecule has 0 aliphatic carbocycles. The summed E-state index contributed by atoms with van der Waals surface area (Å²) in [5, 5.41) is 0. The molecule has 2 aromatic rings. The molecule has 2 unspecified atom stereocenters. The molecule has 9 nitrogen and oxygen atoms in total. The summed E-state index contributed by atoms with van der Waals surface area (Å²) in [6, 6.07) is 9.33. The van der Waals surface area contributed by atoms with Gasteiger partial charge in [0.1, 0.15) is 11.5 Å². The molecule has 2 aromatic carbocycles. The smallest absolute Gasteiger partial charge is 0.233 e. The Morgan fingerprint density at radius 2 is 1.02 bits per heavy atom. The first-order chi connectivity index (χ1) is 24.5. The lowest BCUT2D eigenvalue weighted by Gasteiger charge is -2.42. The number of nitrogens with zero attached hydrogens (tertiary/aromatic N) is 6. The zero-order valence-electron chi connectivity index (χ0n) is 32.1. The lowest BCUT2D eigenvalue weighted by molar-refractivity contribution is -0.228. The van der Waals surface area contributed by atoms with E-state index in [2.05, 4.69) is 85.4 Å². The molecule has 8 rings (SSSR count). The fraction of sp³-hybridized carbons (Fsp3) is 0.667. The maximum atomic E-state index is 6.96. The lowest BCUT2D eigenvalue weighted by Crippen LogP contribution is -2.52. The van der Waals surface area contributed by atoms with Crippen molar-refractivity contribution in [1.29, 1.82) is 0 Å². The van der Waals surface area contributed by atoms with E-state index in [-0.39, 0.29) is 10.8 Å². The molecule has 0 radical (unpaired) electrons. The number of benzene rings is 2. The van der Waals surface area contributed by atoms with Crippen LogP contribution in [-0.2, 0) is 28.4 Å². The Morgan fingerprint density at radius 1 is 0.588 bits per heavy atom. The van der Waals surface area contributed by atoms with Gasteiger partial charge in [0.15, 0.2) is 11.9 Å². The van der Waals surface area contributed by atoms with Crippen molar-refractivity contribution in [1.82, 2.24) is 19.6 Å². The van der Waals surface area contributed by atoms with Crippen LogP contribution in [0, 0.1) is 0 Å². The Bertz CT molecular complexity index is 1550. The lowest BCUT2D eigenvalue weighted by atomic mass is 9.83. The van der Waals surface area contributed by atoms with Gasteiger partial charge in [-0.05, 0) is 96.6 Å². The van der Waals surface area contributed by atoms with Gasteiger partial charge in [-0.1, -0.05) is 53.7 Å². The zero-order valence-corrected chi connectivity index (χ0v) is 32.1. The summed E-state index contributed by atoms with van der Waals surface area (Å²) in [6.45, 7) is 24.4. The van der Waals surface area contributed by atoms with E-state index in [9.17, 15) is 0 Å². The van der Waals surface area contributed by atoms with E-state index in [4.69, 9.17) is 24.2 Å². The minimum atomic E-state index is -0.494. The first kappa shape index (κ1) is 34.6. The third-order valence-corrected chi connectivity index (χ3v) is 11.6. The van der Waals surface area contributed by atoms with Gasteiger partial charge in [-0.2, -0.15) is 0 Å². The Kier molecular flexibility index (Phi) is 9.39. The highest BCUT2D eigenvalue weighted by atomic mass is 16.8. The van der Waals surface area contributed by atoms with Crippen LogP contribution in [0.15, 0.2) is 34.3 Å². The predicted octanol–water partition coefficient (Wildman–Crippen LogP) is 7.18. The van der Waals surface area contributed by atoms with Gasteiger partial charge in [0.25, 0.3) is 0 Å². The predicted molar refractivity (Wildman–Crippen MR) is 204 cm³/mol. The maximum absolute atomic E-state index is 6.96. The Balaban J connectivity index is 1.05. The molecule has 2 saturated heterocycles. The molecule has 0 amide bonds. The van der Waals surface area contributed by atoms with E-state index in [0.29, 0.717) is 0 Å². The number of guanidine groups is 2. The summed E-state index contributed by atoms with van der Waals surface area (Å²) in [5.74, 6) is 4.34. The maximum Gasteiger partial charge on any atom is 0.233 e. The number of rotatable bonds is 8. The molecular weight excluding hydrogens is 637 g/mol. The van der Waals surface area contributed by atoms with E-state index in [1.807, 2.05) is 0 Å². The molecule has 0 N–H and O–H groups in total. The van der Waals surface area contributed by atoms with Crippen LogP contribution in [0.4, 0.5) is 0 Å². The van der Waals surface area contributed by atoms with Crippen molar-refractivity contribution in [2.45, 2.75) is 116 Å². The molecule has 0 saturated carbocycles. The van der Waals surface area contributed by atoms with E-state index in [1.54, 1.807) is 0 Å². The van der Waals surface area contributed by atoms with Gasteiger partial charge in [-0.15, -0.1) is 0 Å². The molecule has 6 heterocycles. The van der Waals surface area contributed by atoms with E-state index in [0.717, 1.165) is 114 Å². The molecule has 51 heavy (non-hydrogen) atoms. The first-order valence-electron chi connectivity index (χ1n) is 19.9. The van der Waals surface area contributed by atoms with E-state index >= 15 is 0 Å². The number of aryl methyl sites for hydroxylation is 2. The average Bonchev–Trinajstić information content (AvgIpc) is 3.11. The second-order valence-corrected chi connectivity index (χ2v) is 17.6. The molecule has 0 aromatic heterocycles. The molecule has 2 atom stereocenters. The quantitative estimate of drug-likeness (QED) is 0.290. The highest BCUT2D eigenvalue weighted by Crippen LogP contribution is 2.52. The Morgan fingerprint density at radius 3 is 1.45 bits per heavy atom. The van der Waals surface area contributed by atoms with Gasteiger partial charge in [0, 0.05) is 65.4 Å². The van der Waals surface area contributed by atoms with Gasteiger partial charge in [-0.25, -0.2) is 0 Å². The fourth-order valence-electron chi connectivity index (χ4n) is 8.71. The summed E-state index contributed by atoms with van der Waals surface area (Å²) < 4.78 is 20.6. The minimum Gasteiger partial charge on any atom is -0.459 e. The number of fused-ring (bicyclic) bond motifs is 8. The average molecular weight is 697 g/mol. The fourth-order valence-corrected chi connectivity index (χ4v) is 8.71. The van der Waals surface area contributed by atoms with Crippen LogP contribution in [0.2, 0.25) is 0 Å². The third kappa shape index (κ3) is 7.04. The van der Waals surface area contributed by atoms with Crippen molar-refractivity contribution in [3.63, 3.8) is 0 Å². The Labute approximate surface area is 306 Å². The van der Waals surface area contributed by atoms with Crippen molar-refractivity contribution in [2.75, 3.05) is 65.4 Å². The van der Waals surface area contributed by atoms with Crippen LogP contribution in [-0.4, -0.2) is 97.0 Å². The highest BCUT2D eigenvalue weighted by Gasteiger charge is 2.41. The van der Waals surface area contributed by atoms with Crippen molar-refractivity contribution < 1.29 is 14.2 Å². The monoisotopic (exact) mass is 696 g/mol. The molecule has 9 heteroatoms. The molecule has 6 aliphatic heterocycles. The summed E-state index contributed by atoms with van der Waals surface area (Å²) in [6.07, 6.45) is 7.73. The Hall–Kier alpha value is -3.46. The van der Waals surface area contributed by atoms with E-state index in [1.165, 1.54) is 59.9 Å². The molecule has 2 fully saturated rings. The van der Waals surface area contributed by atoms with Crippen LogP contribution in [0.25, 0.3) is 0 Å². The van der Waals surface area contributed by atoms with Crippen LogP contribution in [0.5, 0.6) is 11.5 Å². The van der Waals surface area contributed by atoms with Crippen LogP contribution in [0.3, 0.4) is 0 Å². The largest absolute Gasteiger partial charge is 0.459 e. The number of hydrogen-bond donors (Lipinski definition) is 0. The normalized spacial score (nSPS) is 22.9. The van der Waals surface area contributed by atoms with Crippen LogP contribution in [0.1, 0.15) is 126 Å². The first-order valence-corrected chi connectivity index (χ1v) is 19.9. The second kappa shape index (κ2) is 13.8. The summed E-state index contributed by atoms with van der Waals surface area (Å²) in [4.78, 5) is 19.8. The van der Waals surface area contributed by atoms with Gasteiger partial charge < -0.3 is 29.1 Å². The van der Waals surface area contributed by atoms with Crippen molar-refractivity contribution in [3.8, 4) is 11.5 Å². The molecule has 6 aliphatic rings. The molecule has 276 valence electrons. The van der Waals surface area contributed by atoms with Crippen molar-refractivity contribution in [3.05, 3.63) is 57.6 Å².